The van der Waals surface area contributed by atoms with Crippen molar-refractivity contribution in [3.8, 4) is 11.1 Å². The first-order chi connectivity index (χ1) is 13.1. The SMILES string of the molecule is O=C(/C=C/c1ccoc1)c1c(-c2ccccc2)c2cc(Cl)ccc2[nH]c1=O. The Hall–Kier alpha value is -3.37. The van der Waals surface area contributed by atoms with E-state index in [1.807, 2.05) is 30.3 Å². The van der Waals surface area contributed by atoms with E-state index < -0.39 is 11.3 Å². The van der Waals surface area contributed by atoms with Gasteiger partial charge in [0, 0.05) is 27.1 Å². The molecule has 0 aliphatic heterocycles. The number of fused-ring (bicyclic) bond motifs is 1. The van der Waals surface area contributed by atoms with Gasteiger partial charge in [0.25, 0.3) is 5.56 Å². The summed E-state index contributed by atoms with van der Waals surface area (Å²) in [6.45, 7) is 0. The standard InChI is InChI=1S/C22H14ClNO3/c23-16-7-8-18-17(12-16)20(15-4-2-1-3-5-15)21(22(26)24-18)19(25)9-6-14-10-11-27-13-14/h1-13H,(H,24,26)/b9-6+. The first-order valence-electron chi connectivity index (χ1n) is 8.29. The zero-order valence-corrected chi connectivity index (χ0v) is 14.9. The number of ketones is 1. The fourth-order valence-electron chi connectivity index (χ4n) is 3.03. The topological polar surface area (TPSA) is 63.1 Å². The number of aromatic nitrogens is 1. The quantitative estimate of drug-likeness (QED) is 0.387. The van der Waals surface area contributed by atoms with Gasteiger partial charge >= 0.3 is 0 Å². The molecule has 4 rings (SSSR count). The van der Waals surface area contributed by atoms with E-state index >= 15 is 0 Å². The lowest BCUT2D eigenvalue weighted by molar-refractivity contribution is 0.104. The van der Waals surface area contributed by atoms with E-state index in [0.29, 0.717) is 21.5 Å². The Bertz CT molecular complexity index is 1210. The molecular formula is C22H14ClNO3. The van der Waals surface area contributed by atoms with Crippen molar-refractivity contribution in [2.24, 2.45) is 0 Å². The summed E-state index contributed by atoms with van der Waals surface area (Å²) in [4.78, 5) is 28.4. The van der Waals surface area contributed by atoms with Crippen molar-refractivity contribution in [3.63, 3.8) is 0 Å². The van der Waals surface area contributed by atoms with E-state index in [1.165, 1.54) is 18.6 Å². The number of carbonyl (C=O) groups is 1. The molecule has 4 aromatic rings. The molecule has 0 fully saturated rings. The van der Waals surface area contributed by atoms with Crippen molar-refractivity contribution in [2.45, 2.75) is 0 Å². The van der Waals surface area contributed by atoms with Crippen molar-refractivity contribution >= 4 is 34.4 Å². The lowest BCUT2D eigenvalue weighted by atomic mass is 9.94. The molecule has 0 amide bonds. The molecule has 0 bridgehead atoms. The van der Waals surface area contributed by atoms with Gasteiger partial charge in [-0.05, 0) is 42.0 Å². The van der Waals surface area contributed by atoms with Crippen LogP contribution in [0.4, 0.5) is 0 Å². The molecule has 0 aliphatic rings. The van der Waals surface area contributed by atoms with E-state index in [2.05, 4.69) is 4.98 Å². The van der Waals surface area contributed by atoms with Gasteiger partial charge in [0.15, 0.2) is 5.78 Å². The molecule has 132 valence electrons. The highest BCUT2D eigenvalue weighted by Gasteiger charge is 2.19. The van der Waals surface area contributed by atoms with Gasteiger partial charge < -0.3 is 9.40 Å². The minimum atomic E-state index is -0.439. The van der Waals surface area contributed by atoms with Crippen LogP contribution in [0.25, 0.3) is 28.1 Å². The molecule has 27 heavy (non-hydrogen) atoms. The van der Waals surface area contributed by atoms with Gasteiger partial charge in [-0.15, -0.1) is 0 Å². The molecule has 0 spiro atoms. The molecule has 2 heterocycles. The Morgan fingerprint density at radius 3 is 2.63 bits per heavy atom. The number of allylic oxidation sites excluding steroid dienone is 1. The van der Waals surface area contributed by atoms with Crippen molar-refractivity contribution in [3.05, 3.63) is 99.7 Å². The van der Waals surface area contributed by atoms with Gasteiger partial charge in [0.05, 0.1) is 18.1 Å². The van der Waals surface area contributed by atoms with Crippen LogP contribution in [0.1, 0.15) is 15.9 Å². The smallest absolute Gasteiger partial charge is 0.260 e. The second-order valence-electron chi connectivity index (χ2n) is 6.01. The van der Waals surface area contributed by atoms with Crippen molar-refractivity contribution in [1.29, 1.82) is 0 Å². The predicted molar refractivity (Wildman–Crippen MR) is 107 cm³/mol. The third-order valence-electron chi connectivity index (χ3n) is 4.26. The molecule has 2 aromatic carbocycles. The van der Waals surface area contributed by atoms with E-state index in [0.717, 1.165) is 11.1 Å². The summed E-state index contributed by atoms with van der Waals surface area (Å²) in [7, 11) is 0. The predicted octanol–water partition coefficient (Wildman–Crippen LogP) is 5.34. The molecule has 5 heteroatoms. The van der Waals surface area contributed by atoms with Crippen molar-refractivity contribution < 1.29 is 9.21 Å². The molecule has 0 radical (unpaired) electrons. The minimum Gasteiger partial charge on any atom is -0.472 e. The second-order valence-corrected chi connectivity index (χ2v) is 6.45. The lowest BCUT2D eigenvalue weighted by Crippen LogP contribution is -2.18. The number of hydrogen-bond acceptors (Lipinski definition) is 3. The van der Waals surface area contributed by atoms with Gasteiger partial charge in [-0.3, -0.25) is 9.59 Å². The molecule has 2 aromatic heterocycles. The first kappa shape index (κ1) is 17.1. The summed E-state index contributed by atoms with van der Waals surface area (Å²) in [5.41, 5.74) is 2.35. The fourth-order valence-corrected chi connectivity index (χ4v) is 3.20. The van der Waals surface area contributed by atoms with Gasteiger partial charge in [-0.25, -0.2) is 0 Å². The molecule has 0 atom stereocenters. The summed E-state index contributed by atoms with van der Waals surface area (Å²) in [5, 5.41) is 1.24. The Kier molecular flexibility index (Phi) is 4.48. The Balaban J connectivity index is 1.98. The van der Waals surface area contributed by atoms with Crippen LogP contribution in [0, 0.1) is 0 Å². The van der Waals surface area contributed by atoms with Gasteiger partial charge in [-0.2, -0.15) is 0 Å². The van der Waals surface area contributed by atoms with Crippen LogP contribution in [0.15, 0.2) is 82.4 Å². The largest absolute Gasteiger partial charge is 0.472 e. The normalized spacial score (nSPS) is 11.3. The Morgan fingerprint density at radius 2 is 1.89 bits per heavy atom. The van der Waals surface area contributed by atoms with Crippen LogP contribution in [0.5, 0.6) is 0 Å². The summed E-state index contributed by atoms with van der Waals surface area (Å²) < 4.78 is 4.99. The highest BCUT2D eigenvalue weighted by atomic mass is 35.5. The Labute approximate surface area is 159 Å². The highest BCUT2D eigenvalue weighted by molar-refractivity contribution is 6.31. The number of H-pyrrole nitrogens is 1. The Morgan fingerprint density at radius 1 is 1.07 bits per heavy atom. The third-order valence-corrected chi connectivity index (χ3v) is 4.49. The third kappa shape index (κ3) is 3.35. The maximum absolute atomic E-state index is 12.9. The second kappa shape index (κ2) is 7.09. The average molecular weight is 376 g/mol. The van der Waals surface area contributed by atoms with Crippen LogP contribution in [0.2, 0.25) is 5.02 Å². The van der Waals surface area contributed by atoms with Crippen LogP contribution < -0.4 is 5.56 Å². The number of aromatic amines is 1. The van der Waals surface area contributed by atoms with Gasteiger partial charge in [0.1, 0.15) is 0 Å². The molecular weight excluding hydrogens is 362 g/mol. The van der Waals surface area contributed by atoms with Crippen LogP contribution in [-0.2, 0) is 0 Å². The number of carbonyl (C=O) groups excluding carboxylic acids is 1. The van der Waals surface area contributed by atoms with E-state index in [4.69, 9.17) is 16.0 Å². The fraction of sp³-hybridized carbons (Fsp3) is 0. The van der Waals surface area contributed by atoms with Gasteiger partial charge in [0.2, 0.25) is 0 Å². The highest BCUT2D eigenvalue weighted by Crippen LogP contribution is 2.31. The maximum Gasteiger partial charge on any atom is 0.260 e. The summed E-state index contributed by atoms with van der Waals surface area (Å²) in [6, 6.07) is 16.3. The number of furan rings is 1. The zero-order chi connectivity index (χ0) is 18.8. The first-order valence-corrected chi connectivity index (χ1v) is 8.67. The van der Waals surface area contributed by atoms with Crippen molar-refractivity contribution in [1.82, 2.24) is 4.98 Å². The van der Waals surface area contributed by atoms with Crippen molar-refractivity contribution in [2.75, 3.05) is 0 Å². The zero-order valence-electron chi connectivity index (χ0n) is 14.1. The average Bonchev–Trinajstić information content (AvgIpc) is 3.20. The lowest BCUT2D eigenvalue weighted by Gasteiger charge is -2.11. The maximum atomic E-state index is 12.9. The number of pyridine rings is 1. The minimum absolute atomic E-state index is 0.0794. The molecule has 4 nitrogen and oxygen atoms in total. The number of halogens is 1. The molecule has 0 unspecified atom stereocenters. The van der Waals surface area contributed by atoms with E-state index in [-0.39, 0.29) is 5.56 Å². The molecule has 1 N–H and O–H groups in total. The molecule has 0 saturated heterocycles. The number of rotatable bonds is 4. The summed E-state index contributed by atoms with van der Waals surface area (Å²) in [5.74, 6) is -0.391. The van der Waals surface area contributed by atoms with Crippen LogP contribution in [-0.4, -0.2) is 10.8 Å². The monoisotopic (exact) mass is 375 g/mol. The van der Waals surface area contributed by atoms with E-state index in [1.54, 1.807) is 30.3 Å². The molecule has 0 saturated carbocycles. The summed E-state index contributed by atoms with van der Waals surface area (Å²) >= 11 is 6.18. The van der Waals surface area contributed by atoms with Crippen LogP contribution in [0.3, 0.4) is 0 Å². The molecule has 0 aliphatic carbocycles. The van der Waals surface area contributed by atoms with Gasteiger partial charge in [-0.1, -0.05) is 41.9 Å². The number of benzene rings is 2. The number of nitrogens with one attached hydrogen (secondary N) is 1. The van der Waals surface area contributed by atoms with Crippen LogP contribution >= 0.6 is 11.6 Å². The number of hydrogen-bond donors (Lipinski definition) is 1. The van der Waals surface area contributed by atoms with E-state index in [9.17, 15) is 9.59 Å². The summed E-state index contributed by atoms with van der Waals surface area (Å²) in [6.07, 6.45) is 6.02.